The van der Waals surface area contributed by atoms with Crippen LogP contribution in [0.15, 0.2) is 48.6 Å². The first-order valence-corrected chi connectivity index (χ1v) is 29.0. The molecule has 66 heavy (non-hydrogen) atoms. The molecule has 0 spiro atoms. The lowest BCUT2D eigenvalue weighted by molar-refractivity contribution is -0.132. The van der Waals surface area contributed by atoms with Gasteiger partial charge in [-0.3, -0.25) is 4.79 Å². The average molecular weight is 929 g/mol. The second-order valence-electron chi connectivity index (χ2n) is 20.0. The Kier molecular flexibility index (Phi) is 52.8. The molecule has 4 atom stereocenters. The SMILES string of the molecule is CCCCCCCCCCC/C=C/CC/C=C/CC/C=C/CCCC(O)C(O)C(CO)NC(=O)C(O)CCCCCCCCCCCCCC/C=C\CCCCCCCCCCCCCC. The highest BCUT2D eigenvalue weighted by atomic mass is 16.3. The monoisotopic (exact) mass is 928 g/mol. The summed E-state index contributed by atoms with van der Waals surface area (Å²) in [5, 5.41) is 44.0. The Labute approximate surface area is 410 Å². The maximum atomic E-state index is 12.6. The van der Waals surface area contributed by atoms with E-state index in [2.05, 4.69) is 67.8 Å². The van der Waals surface area contributed by atoms with E-state index in [4.69, 9.17) is 0 Å². The van der Waals surface area contributed by atoms with E-state index in [-0.39, 0.29) is 0 Å². The Morgan fingerprint density at radius 1 is 0.364 bits per heavy atom. The number of hydrogen-bond acceptors (Lipinski definition) is 5. The minimum atomic E-state index is -1.30. The van der Waals surface area contributed by atoms with Crippen LogP contribution in [0.25, 0.3) is 0 Å². The number of aliphatic hydroxyl groups excluding tert-OH is 4. The maximum absolute atomic E-state index is 12.6. The van der Waals surface area contributed by atoms with Crippen molar-refractivity contribution < 1.29 is 25.2 Å². The number of nitrogens with one attached hydrogen (secondary N) is 1. The van der Waals surface area contributed by atoms with Crippen molar-refractivity contribution in [1.82, 2.24) is 5.32 Å². The van der Waals surface area contributed by atoms with E-state index in [1.54, 1.807) is 0 Å². The van der Waals surface area contributed by atoms with Crippen molar-refractivity contribution in [1.29, 1.82) is 0 Å². The summed E-state index contributed by atoms with van der Waals surface area (Å²) in [6, 6.07) is -1.01. The molecule has 388 valence electrons. The van der Waals surface area contributed by atoms with Crippen LogP contribution in [-0.4, -0.2) is 57.3 Å². The Bertz CT molecular complexity index is 1090. The Hall–Kier alpha value is -1.73. The van der Waals surface area contributed by atoms with E-state index >= 15 is 0 Å². The highest BCUT2D eigenvalue weighted by Gasteiger charge is 2.28. The third-order valence-corrected chi connectivity index (χ3v) is 13.5. The molecule has 0 aliphatic heterocycles. The predicted molar refractivity (Wildman–Crippen MR) is 288 cm³/mol. The molecule has 0 aliphatic carbocycles. The number of amides is 1. The van der Waals surface area contributed by atoms with Crippen LogP contribution in [0.4, 0.5) is 0 Å². The topological polar surface area (TPSA) is 110 Å². The van der Waals surface area contributed by atoms with Gasteiger partial charge in [0.2, 0.25) is 5.91 Å². The summed E-state index contributed by atoms with van der Waals surface area (Å²) in [5.74, 6) is -0.598. The molecular formula is C60H113NO5. The van der Waals surface area contributed by atoms with Crippen LogP contribution >= 0.6 is 0 Å². The van der Waals surface area contributed by atoms with Gasteiger partial charge in [-0.1, -0.05) is 255 Å². The van der Waals surface area contributed by atoms with E-state index in [0.29, 0.717) is 19.3 Å². The van der Waals surface area contributed by atoms with Gasteiger partial charge in [-0.05, 0) is 89.9 Å². The normalized spacial score (nSPS) is 14.1. The average Bonchev–Trinajstić information content (AvgIpc) is 3.32. The van der Waals surface area contributed by atoms with Gasteiger partial charge in [-0.25, -0.2) is 0 Å². The molecule has 0 rings (SSSR count). The molecule has 0 saturated carbocycles. The van der Waals surface area contributed by atoms with Gasteiger partial charge < -0.3 is 25.7 Å². The van der Waals surface area contributed by atoms with Crippen molar-refractivity contribution >= 4 is 5.91 Å². The Morgan fingerprint density at radius 2 is 0.636 bits per heavy atom. The third-order valence-electron chi connectivity index (χ3n) is 13.5. The summed E-state index contributed by atoms with van der Waals surface area (Å²) < 4.78 is 0. The molecule has 0 aliphatic rings. The van der Waals surface area contributed by atoms with Crippen LogP contribution < -0.4 is 5.32 Å². The van der Waals surface area contributed by atoms with Crippen LogP contribution in [0.3, 0.4) is 0 Å². The predicted octanol–water partition coefficient (Wildman–Crippen LogP) is 17.0. The van der Waals surface area contributed by atoms with Crippen LogP contribution in [-0.2, 0) is 4.79 Å². The zero-order chi connectivity index (χ0) is 48.1. The van der Waals surface area contributed by atoms with Crippen molar-refractivity contribution in [2.75, 3.05) is 6.61 Å². The highest BCUT2D eigenvalue weighted by molar-refractivity contribution is 5.80. The smallest absolute Gasteiger partial charge is 0.249 e. The number of rotatable bonds is 53. The lowest BCUT2D eigenvalue weighted by Gasteiger charge is -2.27. The zero-order valence-corrected chi connectivity index (χ0v) is 43.9. The van der Waals surface area contributed by atoms with Gasteiger partial charge in [0.15, 0.2) is 0 Å². The molecule has 0 bridgehead atoms. The lowest BCUT2D eigenvalue weighted by Crippen LogP contribution is -2.53. The minimum Gasteiger partial charge on any atom is -0.394 e. The largest absolute Gasteiger partial charge is 0.394 e. The second-order valence-corrected chi connectivity index (χ2v) is 20.0. The highest BCUT2D eigenvalue weighted by Crippen LogP contribution is 2.17. The van der Waals surface area contributed by atoms with Crippen LogP contribution in [0.2, 0.25) is 0 Å². The van der Waals surface area contributed by atoms with Crippen LogP contribution in [0.1, 0.15) is 296 Å². The second kappa shape index (κ2) is 54.2. The molecule has 1 amide bonds. The zero-order valence-electron chi connectivity index (χ0n) is 43.9. The first-order chi connectivity index (χ1) is 32.5. The van der Waals surface area contributed by atoms with Gasteiger partial charge in [0.1, 0.15) is 12.2 Å². The Morgan fingerprint density at radius 3 is 0.955 bits per heavy atom. The first kappa shape index (κ1) is 64.3. The maximum Gasteiger partial charge on any atom is 0.249 e. The fraction of sp³-hybridized carbons (Fsp3) is 0.850. The third kappa shape index (κ3) is 47.3. The number of hydrogen-bond donors (Lipinski definition) is 5. The minimum absolute atomic E-state index is 0.358. The number of aliphatic hydroxyl groups is 4. The lowest BCUT2D eigenvalue weighted by atomic mass is 10.00. The van der Waals surface area contributed by atoms with E-state index in [0.717, 1.165) is 51.4 Å². The fourth-order valence-corrected chi connectivity index (χ4v) is 8.90. The van der Waals surface area contributed by atoms with Gasteiger partial charge in [0.05, 0.1) is 18.8 Å². The molecular weight excluding hydrogens is 815 g/mol. The molecule has 0 saturated heterocycles. The quantitative estimate of drug-likeness (QED) is 0.0308. The van der Waals surface area contributed by atoms with E-state index < -0.39 is 36.9 Å². The van der Waals surface area contributed by atoms with Crippen molar-refractivity contribution in [3.63, 3.8) is 0 Å². The van der Waals surface area contributed by atoms with E-state index in [1.807, 2.05) is 0 Å². The molecule has 0 heterocycles. The van der Waals surface area contributed by atoms with Gasteiger partial charge in [-0.15, -0.1) is 0 Å². The fourth-order valence-electron chi connectivity index (χ4n) is 8.90. The van der Waals surface area contributed by atoms with Gasteiger partial charge >= 0.3 is 0 Å². The summed E-state index contributed by atoms with van der Waals surface area (Å²) in [6.07, 6.45) is 69.0. The van der Waals surface area contributed by atoms with E-state index in [1.165, 1.54) is 212 Å². The number of unbranched alkanes of at least 4 members (excludes halogenated alkanes) is 36. The summed E-state index contributed by atoms with van der Waals surface area (Å²) in [7, 11) is 0. The Balaban J connectivity index is 3.68. The van der Waals surface area contributed by atoms with Gasteiger partial charge in [0, 0.05) is 0 Å². The molecule has 6 nitrogen and oxygen atoms in total. The number of allylic oxidation sites excluding steroid dienone is 8. The summed E-state index contributed by atoms with van der Waals surface area (Å²) in [4.78, 5) is 12.6. The molecule has 0 fully saturated rings. The molecule has 0 aromatic carbocycles. The summed E-state index contributed by atoms with van der Waals surface area (Å²) in [5.41, 5.74) is 0. The van der Waals surface area contributed by atoms with E-state index in [9.17, 15) is 25.2 Å². The van der Waals surface area contributed by atoms with Gasteiger partial charge in [0.25, 0.3) is 0 Å². The number of carbonyl (C=O) groups excluding carboxylic acids is 1. The van der Waals surface area contributed by atoms with Crippen LogP contribution in [0, 0.1) is 0 Å². The molecule has 0 aromatic rings. The number of carbonyl (C=O) groups is 1. The van der Waals surface area contributed by atoms with Crippen LogP contribution in [0.5, 0.6) is 0 Å². The van der Waals surface area contributed by atoms with Crippen molar-refractivity contribution in [2.45, 2.75) is 321 Å². The molecule has 6 heteroatoms. The van der Waals surface area contributed by atoms with Gasteiger partial charge in [-0.2, -0.15) is 0 Å². The molecule has 0 aromatic heterocycles. The summed E-state index contributed by atoms with van der Waals surface area (Å²) in [6.45, 7) is 4.06. The summed E-state index contributed by atoms with van der Waals surface area (Å²) >= 11 is 0. The molecule has 0 radical (unpaired) electrons. The molecule has 5 N–H and O–H groups in total. The molecule has 4 unspecified atom stereocenters. The van der Waals surface area contributed by atoms with Crippen molar-refractivity contribution in [3.05, 3.63) is 48.6 Å². The van der Waals surface area contributed by atoms with Crippen molar-refractivity contribution in [3.8, 4) is 0 Å². The van der Waals surface area contributed by atoms with Crippen molar-refractivity contribution in [2.24, 2.45) is 0 Å². The standard InChI is InChI=1S/C60H113NO5/c1-3-5-7-9-11-13-15-17-19-21-23-25-27-28-29-30-31-32-34-36-38-40-42-44-46-48-50-52-54-58(64)60(66)61-56(55-62)59(65)57(63)53-51-49-47-45-43-41-39-37-35-33-26-24-22-20-18-16-14-12-10-8-6-4-2/h24,26,28-29,37,39,45,47,56-59,62-65H,3-23,25,27,30-36,38,40-44,46,48-55H2,1-2H3,(H,61,66)/b26-24+,29-28-,39-37+,47-45+. The first-order valence-electron chi connectivity index (χ1n) is 29.0.